The molecule has 2 rings (SSSR count). The molecule has 14 heteroatoms. The average molecular weight is 506 g/mol. The molecule has 1 aromatic carbocycles. The summed E-state index contributed by atoms with van der Waals surface area (Å²) in [5.41, 5.74) is -1.57. The van der Waals surface area contributed by atoms with E-state index in [2.05, 4.69) is 14.7 Å². The quantitative estimate of drug-likeness (QED) is 0.372. The zero-order chi connectivity index (χ0) is 24.8. The number of aromatic nitrogens is 2. The molecule has 0 radical (unpaired) electrons. The first kappa shape index (κ1) is 26.4. The Labute approximate surface area is 192 Å². The van der Waals surface area contributed by atoms with E-state index >= 15 is 0 Å². The molecule has 9 nitrogen and oxygen atoms in total. The highest BCUT2D eigenvalue weighted by Gasteiger charge is 2.33. The number of nitrogens with zero attached hydrogens (tertiary/aromatic N) is 3. The molecule has 0 aliphatic heterocycles. The highest BCUT2D eigenvalue weighted by molar-refractivity contribution is 7.90. The van der Waals surface area contributed by atoms with E-state index in [0.29, 0.717) is 18.2 Å². The third-order valence-electron chi connectivity index (χ3n) is 3.99. The lowest BCUT2D eigenvalue weighted by Crippen LogP contribution is -2.28. The summed E-state index contributed by atoms with van der Waals surface area (Å²) in [5.74, 6) is -0.896. The summed E-state index contributed by atoms with van der Waals surface area (Å²) in [5, 5.41) is 9.99. The summed E-state index contributed by atoms with van der Waals surface area (Å²) in [6, 6.07) is 5.86. The van der Waals surface area contributed by atoms with Crippen LogP contribution in [0.4, 0.5) is 13.2 Å². The third kappa shape index (κ3) is 8.22. The minimum atomic E-state index is -4.91. The minimum Gasteiger partial charge on any atom is -0.463 e. The molecule has 0 unspecified atom stereocenters. The van der Waals surface area contributed by atoms with Crippen LogP contribution in [-0.2, 0) is 19.4 Å². The van der Waals surface area contributed by atoms with Gasteiger partial charge in [-0.05, 0) is 43.8 Å². The number of sulfone groups is 1. The molecular formula is C19H22F3N5O4S2. The Morgan fingerprint density at radius 1 is 1.33 bits per heavy atom. The van der Waals surface area contributed by atoms with Crippen molar-refractivity contribution in [1.29, 1.82) is 5.41 Å². The molecule has 1 heterocycles. The lowest BCUT2D eigenvalue weighted by molar-refractivity contribution is -0.142. The van der Waals surface area contributed by atoms with Gasteiger partial charge in [-0.2, -0.15) is 17.5 Å². The first-order valence-electron chi connectivity index (χ1n) is 9.33. The fourth-order valence-corrected chi connectivity index (χ4v) is 3.63. The highest BCUT2D eigenvalue weighted by Crippen LogP contribution is 2.26. The van der Waals surface area contributed by atoms with Gasteiger partial charge in [0, 0.05) is 18.4 Å². The number of likely N-dealkylation sites (N-methyl/N-ethyl adjacent to an activating group) is 1. The standard InChI is InChI=1S/C19H22F3N5O4S2/c1-27(2)7-8-31-16(28)11-24-14(10-15(23)19(20,21)22)17-25-18(32-26-17)12-5-4-6-13(9-12)33(3,29)30/h4-6,9-10,23-24H,7-8,11H2,1-3H3/b14-10-,23-15?. The van der Waals surface area contributed by atoms with E-state index in [1.807, 2.05) is 0 Å². The second kappa shape index (κ2) is 10.9. The van der Waals surface area contributed by atoms with Gasteiger partial charge in [0.05, 0.1) is 10.6 Å². The van der Waals surface area contributed by atoms with Crippen molar-refractivity contribution in [2.75, 3.05) is 40.0 Å². The highest BCUT2D eigenvalue weighted by atomic mass is 32.2. The topological polar surface area (TPSA) is 125 Å². The Balaban J connectivity index is 2.28. The summed E-state index contributed by atoms with van der Waals surface area (Å²) in [6.07, 6.45) is -3.39. The van der Waals surface area contributed by atoms with E-state index in [0.717, 1.165) is 17.8 Å². The van der Waals surface area contributed by atoms with Gasteiger partial charge in [-0.15, -0.1) is 0 Å². The van der Waals surface area contributed by atoms with E-state index < -0.39 is 34.2 Å². The summed E-state index contributed by atoms with van der Waals surface area (Å²) in [4.78, 5) is 17.9. The van der Waals surface area contributed by atoms with Gasteiger partial charge in [-0.1, -0.05) is 12.1 Å². The summed E-state index contributed by atoms with van der Waals surface area (Å²) in [7, 11) is 0.0877. The van der Waals surface area contributed by atoms with E-state index in [9.17, 15) is 26.4 Å². The predicted molar refractivity (Wildman–Crippen MR) is 118 cm³/mol. The van der Waals surface area contributed by atoms with Gasteiger partial charge < -0.3 is 15.0 Å². The molecular weight excluding hydrogens is 483 g/mol. The maximum Gasteiger partial charge on any atom is 0.432 e. The summed E-state index contributed by atoms with van der Waals surface area (Å²) >= 11 is 0.826. The van der Waals surface area contributed by atoms with Crippen LogP contribution in [0.5, 0.6) is 0 Å². The number of alkyl halides is 3. The Morgan fingerprint density at radius 2 is 2.03 bits per heavy atom. The molecule has 0 saturated carbocycles. The van der Waals surface area contributed by atoms with Crippen molar-refractivity contribution in [2.24, 2.45) is 0 Å². The number of nitrogens with one attached hydrogen (secondary N) is 2. The van der Waals surface area contributed by atoms with E-state index in [1.54, 1.807) is 25.1 Å². The monoisotopic (exact) mass is 505 g/mol. The van der Waals surface area contributed by atoms with Gasteiger partial charge in [-0.3, -0.25) is 10.2 Å². The van der Waals surface area contributed by atoms with Gasteiger partial charge >= 0.3 is 12.1 Å². The Morgan fingerprint density at radius 3 is 2.64 bits per heavy atom. The number of rotatable bonds is 10. The molecule has 2 N–H and O–H groups in total. The van der Waals surface area contributed by atoms with Crippen LogP contribution in [0.1, 0.15) is 5.82 Å². The predicted octanol–water partition coefficient (Wildman–Crippen LogP) is 2.23. The molecule has 0 atom stereocenters. The number of allylic oxidation sites excluding steroid dienone is 1. The molecule has 180 valence electrons. The fraction of sp³-hybridized carbons (Fsp3) is 0.368. The number of benzene rings is 1. The largest absolute Gasteiger partial charge is 0.463 e. The number of hydrogen-bond donors (Lipinski definition) is 2. The van der Waals surface area contributed by atoms with Crippen LogP contribution in [-0.4, -0.2) is 80.6 Å². The van der Waals surface area contributed by atoms with Crippen LogP contribution in [0.25, 0.3) is 16.3 Å². The van der Waals surface area contributed by atoms with Crippen molar-refractivity contribution >= 4 is 38.7 Å². The van der Waals surface area contributed by atoms with E-state index in [1.165, 1.54) is 18.2 Å². The maximum absolute atomic E-state index is 12.9. The zero-order valence-electron chi connectivity index (χ0n) is 17.9. The molecule has 0 aliphatic carbocycles. The van der Waals surface area contributed by atoms with Gasteiger partial charge in [0.15, 0.2) is 15.7 Å². The smallest absolute Gasteiger partial charge is 0.432 e. The molecule has 2 aromatic rings. The van der Waals surface area contributed by atoms with Gasteiger partial charge in [0.2, 0.25) is 0 Å². The zero-order valence-corrected chi connectivity index (χ0v) is 19.6. The molecule has 0 amide bonds. The number of ether oxygens (including phenoxy) is 1. The van der Waals surface area contributed by atoms with Gasteiger partial charge in [0.25, 0.3) is 0 Å². The molecule has 0 aliphatic rings. The second-order valence-electron chi connectivity index (χ2n) is 7.07. The molecule has 0 fully saturated rings. The lowest BCUT2D eigenvalue weighted by atomic mass is 10.2. The van der Waals surface area contributed by atoms with Crippen LogP contribution >= 0.6 is 11.5 Å². The fourth-order valence-electron chi connectivity index (χ4n) is 2.29. The van der Waals surface area contributed by atoms with E-state index in [-0.39, 0.29) is 28.0 Å². The summed E-state index contributed by atoms with van der Waals surface area (Å²) in [6.45, 7) is 0.0971. The van der Waals surface area contributed by atoms with Crippen LogP contribution in [0, 0.1) is 5.41 Å². The SMILES string of the molecule is CN(C)CCOC(=O)CN/C(=C\C(=N)C(F)(F)F)c1nsc(-c2cccc(S(C)(=O)=O)c2)n1. The average Bonchev–Trinajstić information content (AvgIpc) is 3.19. The number of hydrogen-bond acceptors (Lipinski definition) is 10. The van der Waals surface area contributed by atoms with Crippen molar-refractivity contribution in [2.45, 2.75) is 11.1 Å². The van der Waals surface area contributed by atoms with Crippen LogP contribution in [0.15, 0.2) is 35.2 Å². The molecule has 33 heavy (non-hydrogen) atoms. The molecule has 0 bridgehead atoms. The van der Waals surface area contributed by atoms with Crippen molar-refractivity contribution in [3.8, 4) is 10.6 Å². The molecule has 0 spiro atoms. The second-order valence-corrected chi connectivity index (χ2v) is 9.84. The van der Waals surface area contributed by atoms with Crippen molar-refractivity contribution in [3.63, 3.8) is 0 Å². The van der Waals surface area contributed by atoms with Gasteiger partial charge in [-0.25, -0.2) is 13.4 Å². The van der Waals surface area contributed by atoms with Crippen molar-refractivity contribution in [3.05, 3.63) is 36.2 Å². The Bertz CT molecular complexity index is 1140. The first-order valence-corrected chi connectivity index (χ1v) is 12.0. The Hall–Kier alpha value is -2.84. The van der Waals surface area contributed by atoms with Crippen LogP contribution < -0.4 is 5.32 Å². The maximum atomic E-state index is 12.9. The van der Waals surface area contributed by atoms with Crippen molar-refractivity contribution < 1.29 is 31.1 Å². The van der Waals surface area contributed by atoms with Gasteiger partial charge in [0.1, 0.15) is 23.9 Å². The number of carbonyl (C=O) groups excluding carboxylic acids is 1. The molecule has 1 aromatic heterocycles. The third-order valence-corrected chi connectivity index (χ3v) is 5.87. The molecule has 0 saturated heterocycles. The van der Waals surface area contributed by atoms with Crippen LogP contribution in [0.3, 0.4) is 0 Å². The minimum absolute atomic E-state index is 0.0463. The number of halogens is 3. The number of esters is 1. The first-order chi connectivity index (χ1) is 15.3. The Kier molecular flexibility index (Phi) is 8.69. The number of carbonyl (C=O) groups is 1. The normalized spacial score (nSPS) is 12.6. The van der Waals surface area contributed by atoms with Crippen LogP contribution in [0.2, 0.25) is 0 Å². The summed E-state index contributed by atoms with van der Waals surface area (Å²) < 4.78 is 71.3. The van der Waals surface area contributed by atoms with E-state index in [4.69, 9.17) is 10.1 Å². The van der Waals surface area contributed by atoms with Crippen molar-refractivity contribution in [1.82, 2.24) is 19.6 Å². The lowest BCUT2D eigenvalue weighted by Gasteiger charge is -2.12.